The fourth-order valence-corrected chi connectivity index (χ4v) is 3.91. The molecule has 6 nitrogen and oxygen atoms in total. The Morgan fingerprint density at radius 3 is 3.00 bits per heavy atom. The van der Waals surface area contributed by atoms with Crippen molar-refractivity contribution in [1.29, 1.82) is 0 Å². The second kappa shape index (κ2) is 6.46. The molecule has 0 aliphatic carbocycles. The van der Waals surface area contributed by atoms with Crippen LogP contribution in [0.5, 0.6) is 0 Å². The molecule has 4 aromatic rings. The number of fused-ring (bicyclic) bond motifs is 2. The van der Waals surface area contributed by atoms with Crippen molar-refractivity contribution < 1.29 is 4.79 Å². The minimum atomic E-state index is -0.000816. The van der Waals surface area contributed by atoms with Crippen molar-refractivity contribution in [2.24, 2.45) is 0 Å². The smallest absolute Gasteiger partial charge is 0.273 e. The van der Waals surface area contributed by atoms with E-state index < -0.39 is 0 Å². The van der Waals surface area contributed by atoms with E-state index in [2.05, 4.69) is 15.2 Å². The van der Waals surface area contributed by atoms with Gasteiger partial charge in [0, 0.05) is 41.7 Å². The number of carbonyl (C=O) groups is 1. The Hall–Kier alpha value is -3.28. The number of hydrogen-bond donors (Lipinski definition) is 1. The molecular weight excluding hydrogens is 338 g/mol. The lowest BCUT2D eigenvalue weighted by molar-refractivity contribution is 0.0702. The average Bonchev–Trinajstić information content (AvgIpc) is 3.21. The standard InChI is InChI=1S/C21H19N5O/c27-21(19-17-6-2-1-4-14(17)9-10-22-19)26-11-3-5-16(13-26)18-8-7-15-12-23-25-20(15)24-18/h1-2,4,6-10,12,16H,3,5,11,13H2,(H,23,24,25)/t16-/m1/s1. The summed E-state index contributed by atoms with van der Waals surface area (Å²) < 4.78 is 0. The first kappa shape index (κ1) is 15.9. The Labute approximate surface area is 156 Å². The number of nitrogens with one attached hydrogen (secondary N) is 1. The molecule has 1 aliphatic heterocycles. The summed E-state index contributed by atoms with van der Waals surface area (Å²) in [4.78, 5) is 24.2. The van der Waals surface area contributed by atoms with Crippen LogP contribution >= 0.6 is 0 Å². The van der Waals surface area contributed by atoms with E-state index >= 15 is 0 Å². The van der Waals surface area contributed by atoms with E-state index in [1.54, 1.807) is 12.4 Å². The van der Waals surface area contributed by atoms with Crippen LogP contribution < -0.4 is 0 Å². The zero-order valence-corrected chi connectivity index (χ0v) is 14.8. The van der Waals surface area contributed by atoms with Gasteiger partial charge in [0.15, 0.2) is 5.65 Å². The predicted octanol–water partition coefficient (Wildman–Crippen LogP) is 3.53. The van der Waals surface area contributed by atoms with E-state index in [0.29, 0.717) is 12.2 Å². The van der Waals surface area contributed by atoms with Crippen LogP contribution in [-0.2, 0) is 0 Å². The third-order valence-electron chi connectivity index (χ3n) is 5.33. The topological polar surface area (TPSA) is 74.8 Å². The number of piperidine rings is 1. The Morgan fingerprint density at radius 1 is 1.11 bits per heavy atom. The first-order chi connectivity index (χ1) is 13.3. The molecule has 0 saturated carbocycles. The summed E-state index contributed by atoms with van der Waals surface area (Å²) in [5, 5.41) is 9.91. The van der Waals surface area contributed by atoms with Crippen LogP contribution in [0.4, 0.5) is 0 Å². The molecular formula is C21H19N5O. The minimum Gasteiger partial charge on any atom is -0.337 e. The Balaban J connectivity index is 1.44. The molecule has 1 atom stereocenters. The zero-order chi connectivity index (χ0) is 18.2. The number of likely N-dealkylation sites (tertiary alicyclic amines) is 1. The number of aromatic amines is 1. The fraction of sp³-hybridized carbons (Fsp3) is 0.238. The highest BCUT2D eigenvalue weighted by Gasteiger charge is 2.28. The number of hydrogen-bond acceptors (Lipinski definition) is 4. The van der Waals surface area contributed by atoms with Crippen LogP contribution in [0.15, 0.2) is 54.9 Å². The van der Waals surface area contributed by atoms with Gasteiger partial charge in [0.25, 0.3) is 5.91 Å². The molecule has 0 bridgehead atoms. The molecule has 1 aromatic carbocycles. The van der Waals surface area contributed by atoms with Crippen LogP contribution in [0, 0.1) is 0 Å². The second-order valence-electron chi connectivity index (χ2n) is 7.01. The third-order valence-corrected chi connectivity index (χ3v) is 5.33. The van der Waals surface area contributed by atoms with E-state index in [0.717, 1.165) is 46.9 Å². The Morgan fingerprint density at radius 2 is 2.04 bits per heavy atom. The number of aromatic nitrogens is 4. The van der Waals surface area contributed by atoms with E-state index in [1.807, 2.05) is 47.4 Å². The largest absolute Gasteiger partial charge is 0.337 e. The lowest BCUT2D eigenvalue weighted by Gasteiger charge is -2.32. The van der Waals surface area contributed by atoms with Crippen LogP contribution in [-0.4, -0.2) is 44.1 Å². The monoisotopic (exact) mass is 357 g/mol. The summed E-state index contributed by atoms with van der Waals surface area (Å²) in [6, 6.07) is 13.9. The first-order valence-electron chi connectivity index (χ1n) is 9.22. The van der Waals surface area contributed by atoms with Crippen molar-refractivity contribution in [3.63, 3.8) is 0 Å². The summed E-state index contributed by atoms with van der Waals surface area (Å²) in [5.41, 5.74) is 2.34. The normalized spacial score (nSPS) is 17.5. The van der Waals surface area contributed by atoms with Crippen molar-refractivity contribution in [1.82, 2.24) is 25.1 Å². The minimum absolute atomic E-state index is 0.000816. The van der Waals surface area contributed by atoms with E-state index in [4.69, 9.17) is 4.98 Å². The number of pyridine rings is 2. The lowest BCUT2D eigenvalue weighted by atomic mass is 9.93. The van der Waals surface area contributed by atoms with Gasteiger partial charge >= 0.3 is 0 Å². The zero-order valence-electron chi connectivity index (χ0n) is 14.8. The van der Waals surface area contributed by atoms with Crippen molar-refractivity contribution in [2.45, 2.75) is 18.8 Å². The molecule has 134 valence electrons. The van der Waals surface area contributed by atoms with E-state index in [1.165, 1.54) is 0 Å². The van der Waals surface area contributed by atoms with Gasteiger partial charge in [-0.3, -0.25) is 14.9 Å². The van der Waals surface area contributed by atoms with E-state index in [9.17, 15) is 4.79 Å². The molecule has 6 heteroatoms. The van der Waals surface area contributed by atoms with Gasteiger partial charge in [-0.2, -0.15) is 5.10 Å². The first-order valence-corrected chi connectivity index (χ1v) is 9.22. The van der Waals surface area contributed by atoms with E-state index in [-0.39, 0.29) is 11.8 Å². The van der Waals surface area contributed by atoms with Crippen LogP contribution in [0.3, 0.4) is 0 Å². The molecule has 0 spiro atoms. The lowest BCUT2D eigenvalue weighted by Crippen LogP contribution is -2.39. The van der Waals surface area contributed by atoms with Gasteiger partial charge < -0.3 is 4.90 Å². The predicted molar refractivity (Wildman–Crippen MR) is 104 cm³/mol. The summed E-state index contributed by atoms with van der Waals surface area (Å²) in [7, 11) is 0. The van der Waals surface area contributed by atoms with Gasteiger partial charge in [0.1, 0.15) is 5.69 Å². The van der Waals surface area contributed by atoms with Crippen LogP contribution in [0.1, 0.15) is 34.9 Å². The molecule has 5 rings (SSSR count). The Bertz CT molecular complexity index is 1130. The average molecular weight is 357 g/mol. The van der Waals surface area contributed by atoms with Crippen LogP contribution in [0.25, 0.3) is 21.8 Å². The van der Waals surface area contributed by atoms with Crippen molar-refractivity contribution in [3.8, 4) is 0 Å². The number of benzene rings is 1. The molecule has 1 aliphatic rings. The third kappa shape index (κ3) is 2.83. The number of carbonyl (C=O) groups excluding carboxylic acids is 1. The van der Waals surface area contributed by atoms with Gasteiger partial charge in [0.05, 0.1) is 6.20 Å². The molecule has 1 fully saturated rings. The summed E-state index contributed by atoms with van der Waals surface area (Å²) in [6.07, 6.45) is 5.48. The van der Waals surface area contributed by atoms with Crippen molar-refractivity contribution in [2.75, 3.05) is 13.1 Å². The summed E-state index contributed by atoms with van der Waals surface area (Å²) in [5.74, 6) is 0.226. The second-order valence-corrected chi connectivity index (χ2v) is 7.01. The van der Waals surface area contributed by atoms with Gasteiger partial charge in [-0.25, -0.2) is 4.98 Å². The number of amides is 1. The van der Waals surface area contributed by atoms with Crippen molar-refractivity contribution in [3.05, 3.63) is 66.2 Å². The maximum absolute atomic E-state index is 13.2. The molecule has 1 amide bonds. The van der Waals surface area contributed by atoms with Gasteiger partial charge in [0.2, 0.25) is 0 Å². The molecule has 1 N–H and O–H groups in total. The molecule has 0 unspecified atom stereocenters. The highest BCUT2D eigenvalue weighted by atomic mass is 16.2. The molecule has 4 heterocycles. The quantitative estimate of drug-likeness (QED) is 0.595. The maximum Gasteiger partial charge on any atom is 0.273 e. The molecule has 1 saturated heterocycles. The Kier molecular flexibility index (Phi) is 3.81. The van der Waals surface area contributed by atoms with Gasteiger partial charge in [-0.15, -0.1) is 0 Å². The SMILES string of the molecule is O=C(c1nccc2ccccc12)N1CCC[C@@H](c2ccc3cn[nH]c3n2)C1. The summed E-state index contributed by atoms with van der Waals surface area (Å²) in [6.45, 7) is 1.42. The van der Waals surface area contributed by atoms with Gasteiger partial charge in [-0.1, -0.05) is 24.3 Å². The number of rotatable bonds is 2. The number of H-pyrrole nitrogens is 1. The highest BCUT2D eigenvalue weighted by Crippen LogP contribution is 2.28. The summed E-state index contributed by atoms with van der Waals surface area (Å²) >= 11 is 0. The maximum atomic E-state index is 13.2. The number of nitrogens with zero attached hydrogens (tertiary/aromatic N) is 4. The fourth-order valence-electron chi connectivity index (χ4n) is 3.91. The molecule has 3 aromatic heterocycles. The van der Waals surface area contributed by atoms with Gasteiger partial charge in [-0.05, 0) is 36.4 Å². The molecule has 27 heavy (non-hydrogen) atoms. The van der Waals surface area contributed by atoms with Crippen LogP contribution in [0.2, 0.25) is 0 Å². The molecule has 0 radical (unpaired) electrons. The highest BCUT2D eigenvalue weighted by molar-refractivity contribution is 6.05. The van der Waals surface area contributed by atoms with Crippen molar-refractivity contribution >= 4 is 27.7 Å².